The van der Waals surface area contributed by atoms with Crippen LogP contribution in [0.4, 0.5) is 5.69 Å². The van der Waals surface area contributed by atoms with Crippen molar-refractivity contribution in [3.8, 4) is 0 Å². The number of benzene rings is 2. The standard InChI is InChI=1S/C24H28ClNO3/c1-3-17(2)18-6-12-21(13-7-18)26-22(27)16-29-23(28)24(14-4-5-15-24)19-8-10-20(25)11-9-19/h6-13,17H,3-5,14-16H2,1-2H3,(H,26,27)/t17-/m1/s1. The van der Waals surface area contributed by atoms with Crippen LogP contribution in [-0.4, -0.2) is 18.5 Å². The molecule has 29 heavy (non-hydrogen) atoms. The summed E-state index contributed by atoms with van der Waals surface area (Å²) in [5.74, 6) is -0.186. The second-order valence-electron chi connectivity index (χ2n) is 7.85. The van der Waals surface area contributed by atoms with Crippen LogP contribution in [0.1, 0.15) is 63.0 Å². The molecule has 154 valence electrons. The van der Waals surface area contributed by atoms with E-state index in [4.69, 9.17) is 16.3 Å². The van der Waals surface area contributed by atoms with E-state index in [1.54, 1.807) is 12.1 Å². The summed E-state index contributed by atoms with van der Waals surface area (Å²) < 4.78 is 5.44. The van der Waals surface area contributed by atoms with E-state index in [2.05, 4.69) is 19.2 Å². The van der Waals surface area contributed by atoms with Crippen molar-refractivity contribution in [1.82, 2.24) is 0 Å². The largest absolute Gasteiger partial charge is 0.455 e. The SMILES string of the molecule is CC[C@@H](C)c1ccc(NC(=O)COC(=O)C2(c3ccc(Cl)cc3)CCCC2)cc1. The van der Waals surface area contributed by atoms with Crippen molar-refractivity contribution in [2.24, 2.45) is 0 Å². The van der Waals surface area contributed by atoms with Crippen molar-refractivity contribution in [1.29, 1.82) is 0 Å². The van der Waals surface area contributed by atoms with E-state index in [9.17, 15) is 9.59 Å². The molecule has 1 saturated carbocycles. The van der Waals surface area contributed by atoms with Gasteiger partial charge in [0.15, 0.2) is 6.61 Å². The number of amides is 1. The quantitative estimate of drug-likeness (QED) is 0.579. The fourth-order valence-corrected chi connectivity index (χ4v) is 4.08. The van der Waals surface area contributed by atoms with Gasteiger partial charge in [0.25, 0.3) is 5.91 Å². The fourth-order valence-electron chi connectivity index (χ4n) is 3.96. The number of carbonyl (C=O) groups is 2. The van der Waals surface area contributed by atoms with Crippen LogP contribution in [0.3, 0.4) is 0 Å². The predicted molar refractivity (Wildman–Crippen MR) is 116 cm³/mol. The van der Waals surface area contributed by atoms with Crippen molar-refractivity contribution in [3.63, 3.8) is 0 Å². The molecule has 0 spiro atoms. The van der Waals surface area contributed by atoms with E-state index in [0.717, 1.165) is 37.7 Å². The van der Waals surface area contributed by atoms with E-state index in [1.165, 1.54) is 5.56 Å². The van der Waals surface area contributed by atoms with Gasteiger partial charge in [-0.05, 0) is 60.6 Å². The highest BCUT2D eigenvalue weighted by Gasteiger charge is 2.44. The highest BCUT2D eigenvalue weighted by molar-refractivity contribution is 6.30. The summed E-state index contributed by atoms with van der Waals surface area (Å²) in [6.45, 7) is 4.03. The highest BCUT2D eigenvalue weighted by Crippen LogP contribution is 2.42. The molecule has 4 nitrogen and oxygen atoms in total. The minimum absolute atomic E-state index is 0.290. The Kier molecular flexibility index (Phi) is 6.96. The second kappa shape index (κ2) is 9.45. The first-order valence-corrected chi connectivity index (χ1v) is 10.7. The van der Waals surface area contributed by atoms with E-state index in [-0.39, 0.29) is 18.5 Å². The minimum atomic E-state index is -0.678. The third-order valence-electron chi connectivity index (χ3n) is 5.95. The van der Waals surface area contributed by atoms with E-state index in [0.29, 0.717) is 16.6 Å². The van der Waals surface area contributed by atoms with Crippen LogP contribution in [0, 0.1) is 0 Å². The zero-order valence-electron chi connectivity index (χ0n) is 17.0. The van der Waals surface area contributed by atoms with Crippen LogP contribution in [0.2, 0.25) is 5.02 Å². The third-order valence-corrected chi connectivity index (χ3v) is 6.21. The van der Waals surface area contributed by atoms with Gasteiger partial charge in [-0.15, -0.1) is 0 Å². The van der Waals surface area contributed by atoms with Gasteiger partial charge >= 0.3 is 5.97 Å². The first kappa shape index (κ1) is 21.4. The van der Waals surface area contributed by atoms with Crippen LogP contribution < -0.4 is 5.32 Å². The van der Waals surface area contributed by atoms with Gasteiger partial charge in [-0.1, -0.05) is 62.6 Å². The molecule has 1 aliphatic carbocycles. The van der Waals surface area contributed by atoms with Crippen molar-refractivity contribution in [3.05, 3.63) is 64.7 Å². The molecule has 1 fully saturated rings. The maximum atomic E-state index is 12.9. The molecule has 3 rings (SSSR count). The lowest BCUT2D eigenvalue weighted by atomic mass is 9.79. The second-order valence-corrected chi connectivity index (χ2v) is 8.29. The Morgan fingerprint density at radius 1 is 1.07 bits per heavy atom. The summed E-state index contributed by atoms with van der Waals surface area (Å²) in [5, 5.41) is 3.43. The number of rotatable bonds is 7. The zero-order chi connectivity index (χ0) is 20.9. The molecular formula is C24H28ClNO3. The summed E-state index contributed by atoms with van der Waals surface area (Å²) in [6.07, 6.45) is 4.45. The Morgan fingerprint density at radius 3 is 2.28 bits per heavy atom. The van der Waals surface area contributed by atoms with Crippen molar-refractivity contribution < 1.29 is 14.3 Å². The van der Waals surface area contributed by atoms with Crippen LogP contribution in [0.25, 0.3) is 0 Å². The summed E-state index contributed by atoms with van der Waals surface area (Å²) in [4.78, 5) is 25.2. The normalized spacial score (nSPS) is 16.2. The molecule has 1 atom stereocenters. The summed E-state index contributed by atoms with van der Waals surface area (Å²) in [6, 6.07) is 15.1. The summed E-state index contributed by atoms with van der Waals surface area (Å²) in [7, 11) is 0. The van der Waals surface area contributed by atoms with Crippen molar-refractivity contribution >= 4 is 29.2 Å². The monoisotopic (exact) mass is 413 g/mol. The van der Waals surface area contributed by atoms with Gasteiger partial charge in [0.05, 0.1) is 5.41 Å². The van der Waals surface area contributed by atoms with Crippen molar-refractivity contribution in [2.75, 3.05) is 11.9 Å². The Morgan fingerprint density at radius 2 is 1.69 bits per heavy atom. The average Bonchev–Trinajstić information content (AvgIpc) is 3.23. The smallest absolute Gasteiger partial charge is 0.317 e. The number of anilines is 1. The van der Waals surface area contributed by atoms with Gasteiger partial charge in [0, 0.05) is 10.7 Å². The third kappa shape index (κ3) is 4.99. The molecule has 0 bridgehead atoms. The van der Waals surface area contributed by atoms with Gasteiger partial charge < -0.3 is 10.1 Å². The molecule has 0 radical (unpaired) electrons. The number of nitrogens with one attached hydrogen (secondary N) is 1. The lowest BCUT2D eigenvalue weighted by molar-refractivity contribution is -0.153. The molecule has 0 unspecified atom stereocenters. The average molecular weight is 414 g/mol. The Bertz CT molecular complexity index is 839. The maximum Gasteiger partial charge on any atom is 0.317 e. The van der Waals surface area contributed by atoms with Crippen LogP contribution in [0.15, 0.2) is 48.5 Å². The molecular weight excluding hydrogens is 386 g/mol. The van der Waals surface area contributed by atoms with Crippen LogP contribution in [-0.2, 0) is 19.7 Å². The van der Waals surface area contributed by atoms with Gasteiger partial charge in [-0.2, -0.15) is 0 Å². The fraction of sp³-hybridized carbons (Fsp3) is 0.417. The van der Waals surface area contributed by atoms with Crippen molar-refractivity contribution in [2.45, 2.75) is 57.3 Å². The van der Waals surface area contributed by atoms with Crippen LogP contribution >= 0.6 is 11.6 Å². The molecule has 2 aromatic rings. The van der Waals surface area contributed by atoms with Gasteiger partial charge in [-0.3, -0.25) is 9.59 Å². The predicted octanol–water partition coefficient (Wildman–Crippen LogP) is 5.85. The Hall–Kier alpha value is -2.33. The highest BCUT2D eigenvalue weighted by atomic mass is 35.5. The lowest BCUT2D eigenvalue weighted by Crippen LogP contribution is -2.36. The number of esters is 1. The molecule has 2 aromatic carbocycles. The van der Waals surface area contributed by atoms with Gasteiger partial charge in [-0.25, -0.2) is 0 Å². The van der Waals surface area contributed by atoms with E-state index in [1.807, 2.05) is 36.4 Å². The maximum absolute atomic E-state index is 12.9. The molecule has 1 N–H and O–H groups in total. The topological polar surface area (TPSA) is 55.4 Å². The first-order valence-electron chi connectivity index (χ1n) is 10.3. The van der Waals surface area contributed by atoms with E-state index < -0.39 is 5.41 Å². The number of hydrogen-bond acceptors (Lipinski definition) is 3. The first-order chi connectivity index (χ1) is 13.9. The lowest BCUT2D eigenvalue weighted by Gasteiger charge is -2.27. The number of hydrogen-bond donors (Lipinski definition) is 1. The molecule has 0 heterocycles. The molecule has 1 aliphatic rings. The number of halogens is 1. The summed E-state index contributed by atoms with van der Waals surface area (Å²) >= 11 is 5.99. The number of carbonyl (C=O) groups excluding carboxylic acids is 2. The van der Waals surface area contributed by atoms with Gasteiger partial charge in [0.1, 0.15) is 0 Å². The number of ether oxygens (including phenoxy) is 1. The molecule has 5 heteroatoms. The van der Waals surface area contributed by atoms with E-state index >= 15 is 0 Å². The molecule has 1 amide bonds. The summed E-state index contributed by atoms with van der Waals surface area (Å²) in [5.41, 5.74) is 2.17. The molecule has 0 aliphatic heterocycles. The molecule has 0 aromatic heterocycles. The Labute approximate surface area is 177 Å². The Balaban J connectivity index is 1.60. The van der Waals surface area contributed by atoms with Gasteiger partial charge in [0.2, 0.25) is 0 Å². The zero-order valence-corrected chi connectivity index (χ0v) is 17.8. The molecule has 0 saturated heterocycles. The minimum Gasteiger partial charge on any atom is -0.455 e. The van der Waals surface area contributed by atoms with Crippen LogP contribution in [0.5, 0.6) is 0 Å².